The van der Waals surface area contributed by atoms with Crippen LogP contribution in [0.15, 0.2) is 5.38 Å². The molecule has 0 amide bonds. The van der Waals surface area contributed by atoms with E-state index in [0.29, 0.717) is 0 Å². The second kappa shape index (κ2) is 6.16. The Bertz CT molecular complexity index is 368. The van der Waals surface area contributed by atoms with Crippen molar-refractivity contribution >= 4 is 11.3 Å². The molecule has 0 radical (unpaired) electrons. The summed E-state index contributed by atoms with van der Waals surface area (Å²) in [5.74, 6) is 0.753. The predicted octanol–water partition coefficient (Wildman–Crippen LogP) is 4.25. The maximum absolute atomic E-state index is 4.77. The lowest BCUT2D eigenvalue weighted by atomic mass is 9.76. The highest BCUT2D eigenvalue weighted by atomic mass is 32.1. The third-order valence-electron chi connectivity index (χ3n) is 4.23. The molecule has 1 N–H and O–H groups in total. The van der Waals surface area contributed by atoms with E-state index in [2.05, 4.69) is 31.5 Å². The third-order valence-corrected chi connectivity index (χ3v) is 5.42. The molecule has 0 aliphatic heterocycles. The summed E-state index contributed by atoms with van der Waals surface area (Å²) < 4.78 is 0. The van der Waals surface area contributed by atoms with E-state index < -0.39 is 0 Å². The van der Waals surface area contributed by atoms with E-state index in [-0.39, 0.29) is 5.54 Å². The summed E-state index contributed by atoms with van der Waals surface area (Å²) in [6.45, 7) is 7.80. The average molecular weight is 266 g/mol. The van der Waals surface area contributed by atoms with Crippen LogP contribution in [0, 0.1) is 12.8 Å². The van der Waals surface area contributed by atoms with Crippen LogP contribution in [0.4, 0.5) is 0 Å². The molecule has 1 aromatic heterocycles. The van der Waals surface area contributed by atoms with E-state index in [1.165, 1.54) is 43.5 Å². The van der Waals surface area contributed by atoms with Gasteiger partial charge < -0.3 is 5.32 Å². The van der Waals surface area contributed by atoms with E-state index in [9.17, 15) is 0 Å². The number of hydrogen-bond donors (Lipinski definition) is 1. The minimum absolute atomic E-state index is 0.0926. The Morgan fingerprint density at radius 2 is 2.11 bits per heavy atom. The molecular weight excluding hydrogens is 240 g/mol. The quantitative estimate of drug-likeness (QED) is 0.862. The predicted molar refractivity (Wildman–Crippen MR) is 79.1 cm³/mol. The fourth-order valence-corrected chi connectivity index (χ4v) is 4.07. The summed E-state index contributed by atoms with van der Waals surface area (Å²) in [7, 11) is 0. The Morgan fingerprint density at radius 1 is 1.39 bits per heavy atom. The molecule has 1 unspecified atom stereocenters. The summed E-state index contributed by atoms with van der Waals surface area (Å²) in [6, 6.07) is 0. The number of hydrogen-bond acceptors (Lipinski definition) is 3. The van der Waals surface area contributed by atoms with Crippen molar-refractivity contribution in [3.05, 3.63) is 16.1 Å². The van der Waals surface area contributed by atoms with Crippen molar-refractivity contribution in [2.75, 3.05) is 6.54 Å². The zero-order chi connectivity index (χ0) is 13.0. The number of rotatable bonds is 5. The molecule has 2 rings (SSSR count). The summed E-state index contributed by atoms with van der Waals surface area (Å²) in [4.78, 5) is 4.77. The van der Waals surface area contributed by atoms with Gasteiger partial charge in [-0.25, -0.2) is 4.98 Å². The molecule has 102 valence electrons. The first kappa shape index (κ1) is 14.0. The summed E-state index contributed by atoms with van der Waals surface area (Å²) in [5, 5.41) is 7.27. The van der Waals surface area contributed by atoms with Crippen molar-refractivity contribution in [3.8, 4) is 0 Å². The SMILES string of the molecule is CCCNC(C)(c1nc(C)cs1)C1CCCCC1. The monoisotopic (exact) mass is 266 g/mol. The molecule has 0 spiro atoms. The lowest BCUT2D eigenvalue weighted by Crippen LogP contribution is -2.47. The first-order valence-electron chi connectivity index (χ1n) is 7.34. The van der Waals surface area contributed by atoms with Crippen LogP contribution in [0.5, 0.6) is 0 Å². The van der Waals surface area contributed by atoms with Crippen LogP contribution in [0.3, 0.4) is 0 Å². The summed E-state index contributed by atoms with van der Waals surface area (Å²) in [6.07, 6.45) is 8.08. The van der Waals surface area contributed by atoms with Gasteiger partial charge in [0, 0.05) is 11.1 Å². The van der Waals surface area contributed by atoms with Gasteiger partial charge in [-0.2, -0.15) is 0 Å². The van der Waals surface area contributed by atoms with Crippen LogP contribution in [0.2, 0.25) is 0 Å². The van der Waals surface area contributed by atoms with E-state index in [4.69, 9.17) is 4.98 Å². The standard InChI is InChI=1S/C15H26N2S/c1-4-10-16-15(3,13-8-6-5-7-9-13)14-17-12(2)11-18-14/h11,13,16H,4-10H2,1-3H3. The minimum Gasteiger partial charge on any atom is -0.305 e. The molecule has 0 bridgehead atoms. The summed E-state index contributed by atoms with van der Waals surface area (Å²) in [5.41, 5.74) is 1.25. The molecule has 1 heterocycles. The molecule has 1 fully saturated rings. The smallest absolute Gasteiger partial charge is 0.113 e. The van der Waals surface area contributed by atoms with Gasteiger partial charge in [-0.3, -0.25) is 0 Å². The highest BCUT2D eigenvalue weighted by Gasteiger charge is 2.38. The number of nitrogens with one attached hydrogen (secondary N) is 1. The van der Waals surface area contributed by atoms with Crippen LogP contribution in [0.25, 0.3) is 0 Å². The highest BCUT2D eigenvalue weighted by Crippen LogP contribution is 2.40. The zero-order valence-electron chi connectivity index (χ0n) is 12.0. The lowest BCUT2D eigenvalue weighted by molar-refractivity contribution is 0.177. The van der Waals surface area contributed by atoms with Crippen LogP contribution >= 0.6 is 11.3 Å². The minimum atomic E-state index is 0.0926. The molecule has 1 aromatic rings. The Labute approximate surface area is 115 Å². The van der Waals surface area contributed by atoms with Crippen molar-refractivity contribution in [1.82, 2.24) is 10.3 Å². The number of nitrogens with zero attached hydrogens (tertiary/aromatic N) is 1. The fourth-order valence-electron chi connectivity index (χ4n) is 3.05. The van der Waals surface area contributed by atoms with Crippen molar-refractivity contribution in [1.29, 1.82) is 0 Å². The largest absolute Gasteiger partial charge is 0.305 e. The molecule has 0 saturated heterocycles. The van der Waals surface area contributed by atoms with E-state index in [1.807, 2.05) is 11.3 Å². The second-order valence-corrected chi connectivity index (χ2v) is 6.62. The molecule has 2 nitrogen and oxygen atoms in total. The van der Waals surface area contributed by atoms with Gasteiger partial charge in [0.05, 0.1) is 5.54 Å². The van der Waals surface area contributed by atoms with Crippen LogP contribution in [-0.2, 0) is 5.54 Å². The first-order chi connectivity index (χ1) is 8.66. The Morgan fingerprint density at radius 3 is 2.67 bits per heavy atom. The van der Waals surface area contributed by atoms with Crippen LogP contribution < -0.4 is 5.32 Å². The molecule has 1 aliphatic rings. The maximum Gasteiger partial charge on any atom is 0.113 e. The van der Waals surface area contributed by atoms with Crippen LogP contribution in [0.1, 0.15) is 63.1 Å². The average Bonchev–Trinajstić information content (AvgIpc) is 2.84. The zero-order valence-corrected chi connectivity index (χ0v) is 12.8. The second-order valence-electron chi connectivity index (χ2n) is 5.76. The highest BCUT2D eigenvalue weighted by molar-refractivity contribution is 7.09. The normalized spacial score (nSPS) is 20.8. The maximum atomic E-state index is 4.77. The van der Waals surface area contributed by atoms with Crippen molar-refractivity contribution in [3.63, 3.8) is 0 Å². The fraction of sp³-hybridized carbons (Fsp3) is 0.800. The molecule has 18 heavy (non-hydrogen) atoms. The van der Waals surface area contributed by atoms with E-state index >= 15 is 0 Å². The van der Waals surface area contributed by atoms with Gasteiger partial charge in [-0.1, -0.05) is 26.2 Å². The number of thiazole rings is 1. The van der Waals surface area contributed by atoms with Gasteiger partial charge >= 0.3 is 0 Å². The molecule has 1 saturated carbocycles. The van der Waals surface area contributed by atoms with Crippen LogP contribution in [-0.4, -0.2) is 11.5 Å². The number of aryl methyl sites for hydroxylation is 1. The molecule has 0 aromatic carbocycles. The Kier molecular flexibility index (Phi) is 4.79. The third kappa shape index (κ3) is 2.94. The van der Waals surface area contributed by atoms with Gasteiger partial charge in [-0.15, -0.1) is 11.3 Å². The topological polar surface area (TPSA) is 24.9 Å². The Balaban J connectivity index is 2.20. The van der Waals surface area contributed by atoms with Gasteiger partial charge in [0.1, 0.15) is 5.01 Å². The van der Waals surface area contributed by atoms with Crippen molar-refractivity contribution in [2.24, 2.45) is 5.92 Å². The van der Waals surface area contributed by atoms with Gasteiger partial charge in [0.2, 0.25) is 0 Å². The van der Waals surface area contributed by atoms with Gasteiger partial charge in [0.25, 0.3) is 0 Å². The number of aromatic nitrogens is 1. The molecular formula is C15H26N2S. The first-order valence-corrected chi connectivity index (χ1v) is 8.22. The Hall–Kier alpha value is -0.410. The molecule has 1 atom stereocenters. The van der Waals surface area contributed by atoms with Gasteiger partial charge in [-0.05, 0) is 45.6 Å². The molecule has 1 aliphatic carbocycles. The van der Waals surface area contributed by atoms with Crippen molar-refractivity contribution in [2.45, 2.75) is 64.8 Å². The van der Waals surface area contributed by atoms with Crippen molar-refractivity contribution < 1.29 is 0 Å². The molecule has 3 heteroatoms. The summed E-state index contributed by atoms with van der Waals surface area (Å²) >= 11 is 1.83. The lowest BCUT2D eigenvalue weighted by Gasteiger charge is -2.39. The van der Waals surface area contributed by atoms with E-state index in [1.54, 1.807) is 0 Å². The van der Waals surface area contributed by atoms with Gasteiger partial charge in [0.15, 0.2) is 0 Å². The van der Waals surface area contributed by atoms with E-state index in [0.717, 1.165) is 18.2 Å².